The van der Waals surface area contributed by atoms with Crippen LogP contribution >= 0.6 is 12.2 Å². The molecular weight excluding hydrogens is 427 g/mol. The number of hydrogen-bond donors (Lipinski definition) is 1. The third kappa shape index (κ3) is 3.13. The van der Waals surface area contributed by atoms with Crippen LogP contribution in [0, 0.1) is 11.3 Å². The Morgan fingerprint density at radius 2 is 1.87 bits per heavy atom. The highest BCUT2D eigenvalue weighted by Gasteiger charge is 2.59. The molecule has 9 heteroatoms. The van der Waals surface area contributed by atoms with Crippen molar-refractivity contribution in [2.45, 2.75) is 44.3 Å². The average Bonchev–Trinajstić information content (AvgIpc) is 2.94. The molecule has 0 aromatic heterocycles. The second-order valence-corrected chi connectivity index (χ2v) is 8.01. The summed E-state index contributed by atoms with van der Waals surface area (Å²) >= 11 is 5.58. The van der Waals surface area contributed by atoms with E-state index in [0.29, 0.717) is 30.5 Å². The molecule has 2 aromatic rings. The first-order valence-corrected chi connectivity index (χ1v) is 10.2. The molecule has 5 nitrogen and oxygen atoms in total. The summed E-state index contributed by atoms with van der Waals surface area (Å²) in [6.07, 6.45) is -2.35. The Balaban J connectivity index is 1.83. The zero-order valence-corrected chi connectivity index (χ0v) is 17.3. The number of benzene rings is 2. The van der Waals surface area contributed by atoms with E-state index in [1.165, 1.54) is 12.1 Å². The Labute approximate surface area is 182 Å². The maximum atomic E-state index is 13.5. The number of carbonyl (C=O) groups excluding carboxylic acids is 1. The van der Waals surface area contributed by atoms with Crippen LogP contribution in [-0.2, 0) is 17.4 Å². The monoisotopic (exact) mass is 445 g/mol. The van der Waals surface area contributed by atoms with Crippen molar-refractivity contribution in [2.75, 3.05) is 9.80 Å². The third-order valence-corrected chi connectivity index (χ3v) is 6.35. The number of hydrogen-bond acceptors (Lipinski definition) is 4. The molecule has 2 fully saturated rings. The maximum Gasteiger partial charge on any atom is 0.417 e. The number of aromatic hydroxyl groups is 1. The van der Waals surface area contributed by atoms with E-state index >= 15 is 0 Å². The fourth-order valence-corrected chi connectivity index (χ4v) is 4.67. The molecule has 0 radical (unpaired) electrons. The van der Waals surface area contributed by atoms with Gasteiger partial charge in [-0.2, -0.15) is 18.4 Å². The number of nitrogens with zero attached hydrogens (tertiary/aromatic N) is 3. The van der Waals surface area contributed by atoms with Crippen molar-refractivity contribution in [3.8, 4) is 11.8 Å². The number of amides is 1. The van der Waals surface area contributed by atoms with E-state index in [1.807, 2.05) is 6.92 Å². The number of thiocarbonyl (C=S) groups is 1. The SMILES string of the molecule is CCc1cc(N2C(=S)N(c3ccc(C#N)c(C(F)(F)F)c3)C(=O)C23CCC3)ccc1O. The smallest absolute Gasteiger partial charge is 0.417 e. The van der Waals surface area contributed by atoms with Gasteiger partial charge in [0.05, 0.1) is 22.9 Å². The summed E-state index contributed by atoms with van der Waals surface area (Å²) in [5.74, 6) is -0.253. The van der Waals surface area contributed by atoms with Crippen LogP contribution in [0.25, 0.3) is 0 Å². The van der Waals surface area contributed by atoms with E-state index in [4.69, 9.17) is 17.5 Å². The van der Waals surface area contributed by atoms with Crippen LogP contribution in [0.2, 0.25) is 0 Å². The molecule has 0 unspecified atom stereocenters. The normalized spacial score (nSPS) is 17.8. The summed E-state index contributed by atoms with van der Waals surface area (Å²) in [7, 11) is 0. The Kier molecular flexibility index (Phi) is 4.93. The molecule has 1 N–H and O–H groups in total. The van der Waals surface area contributed by atoms with Crippen molar-refractivity contribution >= 4 is 34.6 Å². The van der Waals surface area contributed by atoms with Crippen molar-refractivity contribution in [3.05, 3.63) is 53.1 Å². The molecule has 160 valence electrons. The molecule has 2 aliphatic rings. The second kappa shape index (κ2) is 7.24. The largest absolute Gasteiger partial charge is 0.508 e. The number of carbonyl (C=O) groups is 1. The lowest BCUT2D eigenvalue weighted by Crippen LogP contribution is -2.55. The molecule has 2 aromatic carbocycles. The van der Waals surface area contributed by atoms with E-state index < -0.39 is 22.8 Å². The fraction of sp³-hybridized carbons (Fsp3) is 0.318. The molecule has 0 bridgehead atoms. The first-order valence-electron chi connectivity index (χ1n) is 9.76. The Morgan fingerprint density at radius 3 is 2.42 bits per heavy atom. The van der Waals surface area contributed by atoms with Gasteiger partial charge in [-0.05, 0) is 79.9 Å². The van der Waals surface area contributed by atoms with Crippen LogP contribution in [0.5, 0.6) is 5.75 Å². The average molecular weight is 445 g/mol. The van der Waals surface area contributed by atoms with Gasteiger partial charge in [-0.1, -0.05) is 6.92 Å². The van der Waals surface area contributed by atoms with E-state index in [1.54, 1.807) is 23.1 Å². The Bertz CT molecular complexity index is 1140. The topological polar surface area (TPSA) is 67.6 Å². The van der Waals surface area contributed by atoms with E-state index in [9.17, 15) is 23.1 Å². The molecule has 1 saturated carbocycles. The van der Waals surface area contributed by atoms with Gasteiger partial charge in [0, 0.05) is 5.69 Å². The van der Waals surface area contributed by atoms with Crippen molar-refractivity contribution in [1.29, 1.82) is 5.26 Å². The van der Waals surface area contributed by atoms with Crippen molar-refractivity contribution in [3.63, 3.8) is 0 Å². The van der Waals surface area contributed by atoms with E-state index in [2.05, 4.69) is 0 Å². The molecule has 4 rings (SSSR count). The number of phenols is 1. The van der Waals surface area contributed by atoms with Gasteiger partial charge in [-0.25, -0.2) is 0 Å². The van der Waals surface area contributed by atoms with Gasteiger partial charge in [0.2, 0.25) is 0 Å². The van der Waals surface area contributed by atoms with Gasteiger partial charge in [-0.15, -0.1) is 0 Å². The minimum absolute atomic E-state index is 0.0235. The highest BCUT2D eigenvalue weighted by Crippen LogP contribution is 2.48. The van der Waals surface area contributed by atoms with Gasteiger partial charge in [0.15, 0.2) is 5.11 Å². The van der Waals surface area contributed by atoms with Gasteiger partial charge in [0.1, 0.15) is 11.3 Å². The summed E-state index contributed by atoms with van der Waals surface area (Å²) in [4.78, 5) is 16.3. The summed E-state index contributed by atoms with van der Waals surface area (Å²) in [6.45, 7) is 1.88. The predicted octanol–water partition coefficient (Wildman–Crippen LogP) is 4.91. The van der Waals surface area contributed by atoms with Crippen LogP contribution in [-0.4, -0.2) is 21.7 Å². The van der Waals surface area contributed by atoms with Crippen molar-refractivity contribution in [2.24, 2.45) is 0 Å². The van der Waals surface area contributed by atoms with Gasteiger partial charge in [0.25, 0.3) is 5.91 Å². The van der Waals surface area contributed by atoms with Crippen molar-refractivity contribution in [1.82, 2.24) is 0 Å². The molecular formula is C22H18F3N3O2S. The first kappa shape index (κ1) is 21.1. The van der Waals surface area contributed by atoms with Crippen LogP contribution in [0.4, 0.5) is 24.5 Å². The maximum absolute atomic E-state index is 13.5. The quantitative estimate of drug-likeness (QED) is 0.681. The molecule has 1 spiro atoms. The number of halogens is 3. The molecule has 1 aliphatic carbocycles. The molecule has 1 heterocycles. The fourth-order valence-electron chi connectivity index (χ4n) is 4.21. The van der Waals surface area contributed by atoms with Crippen LogP contribution in [0.3, 0.4) is 0 Å². The lowest BCUT2D eigenvalue weighted by Gasteiger charge is -2.43. The molecule has 31 heavy (non-hydrogen) atoms. The van der Waals surface area contributed by atoms with Crippen molar-refractivity contribution < 1.29 is 23.1 Å². The predicted molar refractivity (Wildman–Crippen MR) is 113 cm³/mol. The molecule has 1 saturated heterocycles. The number of rotatable bonds is 3. The van der Waals surface area contributed by atoms with E-state index in [0.717, 1.165) is 23.5 Å². The number of nitriles is 1. The molecule has 1 amide bonds. The zero-order valence-electron chi connectivity index (χ0n) is 16.5. The van der Waals surface area contributed by atoms with Gasteiger partial charge >= 0.3 is 6.18 Å². The number of anilines is 2. The van der Waals surface area contributed by atoms with Gasteiger partial charge < -0.3 is 10.0 Å². The Hall–Kier alpha value is -3.12. The van der Waals surface area contributed by atoms with Crippen LogP contribution in [0.1, 0.15) is 42.9 Å². The minimum Gasteiger partial charge on any atom is -0.508 e. The minimum atomic E-state index is -4.74. The van der Waals surface area contributed by atoms with Crippen LogP contribution < -0.4 is 9.80 Å². The summed E-state index contributed by atoms with van der Waals surface area (Å²) < 4.78 is 40.4. The Morgan fingerprint density at radius 1 is 1.19 bits per heavy atom. The summed E-state index contributed by atoms with van der Waals surface area (Å²) in [5, 5.41) is 19.2. The van der Waals surface area contributed by atoms with Crippen LogP contribution in [0.15, 0.2) is 36.4 Å². The summed E-state index contributed by atoms with van der Waals surface area (Å²) in [5.41, 5.74) is -1.31. The number of alkyl halides is 3. The van der Waals surface area contributed by atoms with E-state index in [-0.39, 0.29) is 22.5 Å². The molecule has 0 atom stereocenters. The number of phenolic OH excluding ortho intramolecular Hbond substituents is 1. The highest BCUT2D eigenvalue weighted by atomic mass is 32.1. The third-order valence-electron chi connectivity index (χ3n) is 5.98. The van der Waals surface area contributed by atoms with Gasteiger partial charge in [-0.3, -0.25) is 9.69 Å². The first-order chi connectivity index (χ1) is 14.6. The molecule has 1 aliphatic heterocycles. The second-order valence-electron chi connectivity index (χ2n) is 7.65. The zero-order chi connectivity index (χ0) is 22.6. The summed E-state index contributed by atoms with van der Waals surface area (Å²) in [6, 6.07) is 9.63. The number of aryl methyl sites for hydroxylation is 1. The lowest BCUT2D eigenvalue weighted by atomic mass is 9.75. The highest BCUT2D eigenvalue weighted by molar-refractivity contribution is 7.81. The standard InChI is InChI=1S/C22H18F3N3O2S/c1-2-13-10-16(6-7-18(13)29)28-20(31)27(19(30)21(28)8-3-9-21)15-5-4-14(12-26)17(11-15)22(23,24)25/h4-7,10-11,29H,2-3,8-9H2,1H3. The lowest BCUT2D eigenvalue weighted by molar-refractivity contribution is -0.137.